The summed E-state index contributed by atoms with van der Waals surface area (Å²) in [6.45, 7) is -0.240. The molecule has 0 saturated heterocycles. The van der Waals surface area contributed by atoms with Gasteiger partial charge in [0, 0.05) is 29.9 Å². The minimum absolute atomic E-state index is 0.0116. The van der Waals surface area contributed by atoms with Gasteiger partial charge in [-0.3, -0.25) is 4.79 Å². The van der Waals surface area contributed by atoms with Crippen molar-refractivity contribution in [3.63, 3.8) is 0 Å². The Bertz CT molecular complexity index is 753. The highest BCUT2D eigenvalue weighted by Crippen LogP contribution is 2.25. The summed E-state index contributed by atoms with van der Waals surface area (Å²) in [5, 5.41) is 17.2. The lowest BCUT2D eigenvalue weighted by Crippen LogP contribution is -2.54. The van der Waals surface area contributed by atoms with Crippen molar-refractivity contribution in [2.45, 2.75) is 24.9 Å². The lowest BCUT2D eigenvalue weighted by molar-refractivity contribution is 0.0813. The number of benzene rings is 1. The van der Waals surface area contributed by atoms with E-state index in [9.17, 15) is 4.79 Å². The number of carbonyl (C=O) groups excluding carboxylic acids is 1. The minimum Gasteiger partial charge on any atom is -0.399 e. The van der Waals surface area contributed by atoms with Gasteiger partial charge in [0.1, 0.15) is 5.69 Å². The van der Waals surface area contributed by atoms with Gasteiger partial charge in [-0.05, 0) is 12.8 Å². The highest BCUT2D eigenvalue weighted by molar-refractivity contribution is 5.92. The van der Waals surface area contributed by atoms with Gasteiger partial charge >= 0.3 is 0 Å². The molecule has 132 valence electrons. The molecule has 1 aromatic carbocycles. The summed E-state index contributed by atoms with van der Waals surface area (Å²) < 4.78 is 5.14. The highest BCUT2D eigenvalue weighted by Gasteiger charge is 2.33. The summed E-state index contributed by atoms with van der Waals surface area (Å²) in [7, 11) is 0. The number of aliphatic hydroxyl groups is 1. The van der Waals surface area contributed by atoms with Gasteiger partial charge in [-0.15, -0.1) is 0 Å². The van der Waals surface area contributed by atoms with E-state index in [4.69, 9.17) is 21.2 Å². The average molecular weight is 343 g/mol. The van der Waals surface area contributed by atoms with Crippen LogP contribution in [-0.4, -0.2) is 39.9 Å². The third-order valence-corrected chi connectivity index (χ3v) is 4.17. The van der Waals surface area contributed by atoms with Crippen molar-refractivity contribution in [2.24, 2.45) is 11.6 Å². The summed E-state index contributed by atoms with van der Waals surface area (Å²) in [4.78, 5) is 12.2. The largest absolute Gasteiger partial charge is 0.399 e. The number of nitrogens with two attached hydrogens (primary N) is 2. The van der Waals surface area contributed by atoms with Crippen molar-refractivity contribution >= 4 is 5.91 Å². The number of hydrogen-bond acceptors (Lipinski definition) is 7. The molecule has 1 aliphatic carbocycles. The quantitative estimate of drug-likeness (QED) is 0.445. The molecule has 0 aliphatic heterocycles. The normalized spacial score (nSPS) is 20.0. The predicted molar refractivity (Wildman–Crippen MR) is 91.6 cm³/mol. The van der Waals surface area contributed by atoms with Crippen LogP contribution in [0.4, 0.5) is 0 Å². The molecule has 1 fully saturated rings. The Labute approximate surface area is 145 Å². The number of rotatable bonds is 6. The van der Waals surface area contributed by atoms with Crippen molar-refractivity contribution < 1.29 is 14.4 Å². The van der Waals surface area contributed by atoms with Crippen LogP contribution in [0.3, 0.4) is 0 Å². The molecule has 0 atom stereocenters. The van der Waals surface area contributed by atoms with E-state index in [2.05, 4.69) is 10.5 Å². The first-order chi connectivity index (χ1) is 12.1. The maximum atomic E-state index is 12.2. The molecular weight excluding hydrogens is 322 g/mol. The summed E-state index contributed by atoms with van der Waals surface area (Å²) in [6, 6.07) is 11.2. The summed E-state index contributed by atoms with van der Waals surface area (Å²) in [6.07, 6.45) is 2.89. The van der Waals surface area contributed by atoms with Crippen LogP contribution in [0.25, 0.3) is 11.3 Å². The molecule has 8 heteroatoms. The van der Waals surface area contributed by atoms with E-state index in [-0.39, 0.29) is 30.4 Å². The van der Waals surface area contributed by atoms with E-state index >= 15 is 0 Å². The van der Waals surface area contributed by atoms with Crippen molar-refractivity contribution in [3.05, 3.63) is 54.1 Å². The molecule has 1 amide bonds. The fourth-order valence-corrected chi connectivity index (χ4v) is 2.67. The molecule has 0 bridgehead atoms. The Hall–Kier alpha value is -2.84. The Kier molecular flexibility index (Phi) is 5.01. The van der Waals surface area contributed by atoms with Crippen LogP contribution in [0, 0.1) is 0 Å². The molecule has 0 spiro atoms. The van der Waals surface area contributed by atoms with E-state index in [1.807, 2.05) is 30.3 Å². The monoisotopic (exact) mass is 343 g/mol. The first kappa shape index (κ1) is 17.0. The van der Waals surface area contributed by atoms with Gasteiger partial charge in [0.25, 0.3) is 5.91 Å². The third kappa shape index (κ3) is 3.98. The third-order valence-electron chi connectivity index (χ3n) is 4.17. The molecule has 1 heterocycles. The number of amides is 1. The van der Waals surface area contributed by atoms with Crippen molar-refractivity contribution in [1.82, 2.24) is 15.5 Å². The Morgan fingerprint density at radius 2 is 2.12 bits per heavy atom. The van der Waals surface area contributed by atoms with Crippen molar-refractivity contribution in [3.8, 4) is 11.3 Å². The second-order valence-electron chi connectivity index (χ2n) is 6.05. The molecule has 1 aliphatic rings. The van der Waals surface area contributed by atoms with Gasteiger partial charge in [-0.1, -0.05) is 35.5 Å². The van der Waals surface area contributed by atoms with Crippen molar-refractivity contribution in [2.75, 3.05) is 6.61 Å². The zero-order chi connectivity index (χ0) is 17.8. The van der Waals surface area contributed by atoms with Gasteiger partial charge < -0.3 is 25.7 Å². The Morgan fingerprint density at radius 1 is 1.40 bits per heavy atom. The van der Waals surface area contributed by atoms with E-state index < -0.39 is 0 Å². The fraction of sp³-hybridized carbons (Fsp3) is 0.294. The van der Waals surface area contributed by atoms with Crippen LogP contribution in [-0.2, 0) is 0 Å². The number of nitrogens with one attached hydrogen (secondary N) is 1. The van der Waals surface area contributed by atoms with Gasteiger partial charge in [0.05, 0.1) is 12.3 Å². The lowest BCUT2D eigenvalue weighted by atomic mass is 9.86. The maximum Gasteiger partial charge on any atom is 0.290 e. The zero-order valence-corrected chi connectivity index (χ0v) is 13.6. The van der Waals surface area contributed by atoms with Crippen LogP contribution in [0.5, 0.6) is 0 Å². The van der Waals surface area contributed by atoms with Gasteiger partial charge in [0.15, 0.2) is 0 Å². The van der Waals surface area contributed by atoms with Crippen LogP contribution in [0.2, 0.25) is 0 Å². The standard InChI is InChI=1S/C17H21N5O3/c18-12(10-23)9-22(19)14-6-13(7-14)20-17(24)16-8-15(21-25-16)11-4-2-1-3-5-11/h1-5,8-9,13-14,23H,6-7,10,18-19H2,(H,20,24)/b12-9-/t13-,14+. The molecule has 25 heavy (non-hydrogen) atoms. The molecule has 8 nitrogen and oxygen atoms in total. The second kappa shape index (κ2) is 7.37. The first-order valence-electron chi connectivity index (χ1n) is 8.00. The van der Waals surface area contributed by atoms with Crippen LogP contribution >= 0.6 is 0 Å². The number of aliphatic hydroxyl groups excluding tert-OH is 1. The van der Waals surface area contributed by atoms with E-state index in [0.717, 1.165) is 5.56 Å². The van der Waals surface area contributed by atoms with E-state index in [1.54, 1.807) is 6.07 Å². The molecule has 0 radical (unpaired) electrons. The molecular formula is C17H21N5O3. The summed E-state index contributed by atoms with van der Waals surface area (Å²) >= 11 is 0. The summed E-state index contributed by atoms with van der Waals surface area (Å²) in [5.41, 5.74) is 7.34. The topological polar surface area (TPSA) is 131 Å². The smallest absolute Gasteiger partial charge is 0.290 e. The Balaban J connectivity index is 1.52. The zero-order valence-electron chi connectivity index (χ0n) is 13.6. The van der Waals surface area contributed by atoms with Gasteiger partial charge in [0.2, 0.25) is 5.76 Å². The highest BCUT2D eigenvalue weighted by atomic mass is 16.5. The first-order valence-corrected chi connectivity index (χ1v) is 8.00. The molecule has 6 N–H and O–H groups in total. The molecule has 3 rings (SSSR count). The van der Waals surface area contributed by atoms with Crippen LogP contribution in [0.1, 0.15) is 23.4 Å². The number of hydrogen-bond donors (Lipinski definition) is 4. The lowest BCUT2D eigenvalue weighted by Gasteiger charge is -2.40. The average Bonchev–Trinajstić information content (AvgIpc) is 3.08. The number of carbonyl (C=O) groups is 1. The second-order valence-corrected chi connectivity index (χ2v) is 6.05. The predicted octanol–water partition coefficient (Wildman–Crippen LogP) is 0.571. The fourth-order valence-electron chi connectivity index (χ4n) is 2.67. The number of nitrogens with zero attached hydrogens (tertiary/aromatic N) is 2. The van der Waals surface area contributed by atoms with E-state index in [1.165, 1.54) is 11.2 Å². The number of hydrazine groups is 1. The molecule has 1 aromatic heterocycles. The SMILES string of the molecule is N/C(=C\N(N)[C@H]1C[C@@H](NC(=O)c2cc(-c3ccccc3)no2)C1)CO. The van der Waals surface area contributed by atoms with Crippen LogP contribution in [0.15, 0.2) is 52.8 Å². The maximum absolute atomic E-state index is 12.2. The van der Waals surface area contributed by atoms with Gasteiger partial charge in [-0.25, -0.2) is 5.84 Å². The molecule has 0 unspecified atom stereocenters. The van der Waals surface area contributed by atoms with Crippen molar-refractivity contribution in [1.29, 1.82) is 0 Å². The van der Waals surface area contributed by atoms with Gasteiger partial charge in [-0.2, -0.15) is 0 Å². The minimum atomic E-state index is -0.299. The molecule has 2 aromatic rings. The molecule has 1 saturated carbocycles. The Morgan fingerprint density at radius 3 is 2.80 bits per heavy atom. The number of aromatic nitrogens is 1. The van der Waals surface area contributed by atoms with E-state index in [0.29, 0.717) is 24.2 Å². The van der Waals surface area contributed by atoms with Crippen LogP contribution < -0.4 is 16.9 Å². The summed E-state index contributed by atoms with van der Waals surface area (Å²) in [5.74, 6) is 5.73.